The number of benzene rings is 2. The first kappa shape index (κ1) is 22.8. The van der Waals surface area contributed by atoms with Gasteiger partial charge in [-0.05, 0) is 30.0 Å². The molecule has 0 saturated carbocycles. The third-order valence-electron chi connectivity index (χ3n) is 5.29. The normalized spacial score (nSPS) is 14.5. The second-order valence-electron chi connectivity index (χ2n) is 8.05. The van der Waals surface area contributed by atoms with Gasteiger partial charge in [-0.2, -0.15) is 18.3 Å². The Labute approximate surface area is 175 Å². The van der Waals surface area contributed by atoms with Crippen LogP contribution in [0.3, 0.4) is 0 Å². The van der Waals surface area contributed by atoms with Crippen molar-refractivity contribution in [3.8, 4) is 5.75 Å². The Morgan fingerprint density at radius 2 is 1.81 bits per heavy atom. The average Bonchev–Trinajstić information content (AvgIpc) is 3.16. The molecule has 1 unspecified atom stereocenters. The van der Waals surface area contributed by atoms with Crippen LogP contribution in [0.5, 0.6) is 5.75 Å². The smallest absolute Gasteiger partial charge is 0.418 e. The number of H-pyrrole nitrogens is 1. The minimum absolute atomic E-state index is 0.00788. The van der Waals surface area contributed by atoms with Crippen molar-refractivity contribution in [2.45, 2.75) is 37.5 Å². The highest BCUT2D eigenvalue weighted by Gasteiger charge is 2.56. The van der Waals surface area contributed by atoms with Gasteiger partial charge < -0.3 is 15.2 Å². The van der Waals surface area contributed by atoms with Gasteiger partial charge in [-0.15, -0.1) is 0 Å². The van der Waals surface area contributed by atoms with Crippen LogP contribution in [-0.2, 0) is 5.41 Å². The lowest BCUT2D eigenvalue weighted by Crippen LogP contribution is -2.53. The number of aliphatic hydroxyl groups is 1. The molecule has 31 heavy (non-hydrogen) atoms. The second-order valence-corrected chi connectivity index (χ2v) is 8.05. The molecule has 0 radical (unpaired) electrons. The van der Waals surface area contributed by atoms with Crippen molar-refractivity contribution in [1.29, 1.82) is 0 Å². The van der Waals surface area contributed by atoms with Crippen LogP contribution in [0.25, 0.3) is 10.9 Å². The molecule has 5 nitrogen and oxygen atoms in total. The lowest BCUT2D eigenvalue weighted by Gasteiger charge is -2.38. The van der Waals surface area contributed by atoms with Crippen molar-refractivity contribution in [1.82, 2.24) is 10.2 Å². The third kappa shape index (κ3) is 4.43. The van der Waals surface area contributed by atoms with Crippen LogP contribution in [0.4, 0.5) is 27.6 Å². The van der Waals surface area contributed by atoms with Gasteiger partial charge in [-0.3, -0.25) is 5.10 Å². The predicted octanol–water partition coefficient (Wildman–Crippen LogP) is 4.92. The summed E-state index contributed by atoms with van der Waals surface area (Å²) in [6.45, 7) is 1.93. The Kier molecular flexibility index (Phi) is 5.88. The van der Waals surface area contributed by atoms with E-state index >= 15 is 0 Å². The maximum atomic E-state index is 14.0. The molecule has 0 aliphatic rings. The number of ether oxygens (including phenoxy) is 1. The van der Waals surface area contributed by atoms with Crippen LogP contribution in [0, 0.1) is 11.6 Å². The van der Waals surface area contributed by atoms with Crippen LogP contribution < -0.4 is 10.1 Å². The van der Waals surface area contributed by atoms with E-state index in [9.17, 15) is 27.1 Å². The van der Waals surface area contributed by atoms with Crippen LogP contribution in [0.1, 0.15) is 25.8 Å². The molecule has 10 heteroatoms. The molecule has 0 bridgehead atoms. The lowest BCUT2D eigenvalue weighted by atomic mass is 9.74. The van der Waals surface area contributed by atoms with Crippen molar-refractivity contribution >= 4 is 16.6 Å². The Morgan fingerprint density at radius 3 is 2.45 bits per heavy atom. The van der Waals surface area contributed by atoms with Crippen molar-refractivity contribution in [2.75, 3.05) is 19.0 Å². The van der Waals surface area contributed by atoms with Gasteiger partial charge in [0.25, 0.3) is 0 Å². The molecule has 1 heterocycles. The Balaban J connectivity index is 1.93. The highest BCUT2D eigenvalue weighted by Crippen LogP contribution is 2.44. The van der Waals surface area contributed by atoms with Gasteiger partial charge in [0.1, 0.15) is 5.75 Å². The molecule has 3 rings (SSSR count). The average molecular weight is 443 g/mol. The first-order valence-corrected chi connectivity index (χ1v) is 9.36. The monoisotopic (exact) mass is 443 g/mol. The van der Waals surface area contributed by atoms with E-state index in [1.807, 2.05) is 0 Å². The van der Waals surface area contributed by atoms with E-state index in [2.05, 4.69) is 15.5 Å². The lowest BCUT2D eigenvalue weighted by molar-refractivity contribution is -0.260. The summed E-state index contributed by atoms with van der Waals surface area (Å²) in [4.78, 5) is 0. The summed E-state index contributed by atoms with van der Waals surface area (Å²) in [6, 6.07) is 6.48. The molecule has 2 aromatic carbocycles. The minimum Gasteiger partial charge on any atom is -0.496 e. The molecule has 3 aromatic rings. The van der Waals surface area contributed by atoms with E-state index in [0.717, 1.165) is 12.1 Å². The Bertz CT molecular complexity index is 1080. The Morgan fingerprint density at radius 1 is 1.13 bits per heavy atom. The van der Waals surface area contributed by atoms with Crippen LogP contribution in [0.15, 0.2) is 36.5 Å². The molecule has 1 atom stereocenters. The van der Waals surface area contributed by atoms with Crippen molar-refractivity contribution in [2.24, 2.45) is 0 Å². The fraction of sp³-hybridized carbons (Fsp3) is 0.381. The quantitative estimate of drug-likeness (QED) is 0.454. The number of halogens is 5. The summed E-state index contributed by atoms with van der Waals surface area (Å²) in [5.74, 6) is -2.51. The zero-order chi connectivity index (χ0) is 23.0. The van der Waals surface area contributed by atoms with Gasteiger partial charge in [0, 0.05) is 22.7 Å². The topological polar surface area (TPSA) is 70.2 Å². The van der Waals surface area contributed by atoms with Crippen LogP contribution >= 0.6 is 0 Å². The maximum Gasteiger partial charge on any atom is 0.418 e. The standard InChI is InChI=1S/C21H22F5N3O2/c1-19(2,13-7-14(22)15(23)8-18(13)31-3)10-20(30,21(24,25)26)11-27-16-5-4-6-17-12(16)9-28-29-17/h4-9,27,30H,10-11H2,1-3H3,(H,28,29). The molecule has 3 N–H and O–H groups in total. The molecule has 0 aliphatic carbocycles. The first-order chi connectivity index (χ1) is 14.4. The molecule has 1 aromatic heterocycles. The molecule has 0 fully saturated rings. The van der Waals surface area contributed by atoms with Crippen molar-refractivity contribution in [3.05, 3.63) is 53.7 Å². The maximum absolute atomic E-state index is 14.0. The molecule has 0 aliphatic heterocycles. The van der Waals surface area contributed by atoms with Gasteiger partial charge in [-0.1, -0.05) is 19.9 Å². The van der Waals surface area contributed by atoms with Gasteiger partial charge in [0.15, 0.2) is 17.2 Å². The van der Waals surface area contributed by atoms with E-state index in [0.29, 0.717) is 16.6 Å². The Hall–Kier alpha value is -2.88. The number of alkyl halides is 3. The van der Waals surface area contributed by atoms with Gasteiger partial charge in [0.2, 0.25) is 0 Å². The number of methoxy groups -OCH3 is 1. The number of nitrogens with one attached hydrogen (secondary N) is 2. The summed E-state index contributed by atoms with van der Waals surface area (Å²) in [6.07, 6.45) is -4.38. The predicted molar refractivity (Wildman–Crippen MR) is 106 cm³/mol. The van der Waals surface area contributed by atoms with Crippen LogP contribution in [-0.4, -0.2) is 40.7 Å². The number of rotatable bonds is 7. The number of fused-ring (bicyclic) bond motifs is 1. The fourth-order valence-corrected chi connectivity index (χ4v) is 3.68. The van der Waals surface area contributed by atoms with E-state index in [1.165, 1.54) is 27.2 Å². The molecule has 0 saturated heterocycles. The highest BCUT2D eigenvalue weighted by atomic mass is 19.4. The van der Waals surface area contributed by atoms with E-state index in [4.69, 9.17) is 4.74 Å². The summed E-state index contributed by atoms with van der Waals surface area (Å²) in [5, 5.41) is 20.5. The number of aromatic nitrogens is 2. The summed E-state index contributed by atoms with van der Waals surface area (Å²) >= 11 is 0. The van der Waals surface area contributed by atoms with E-state index < -0.39 is 41.8 Å². The number of hydrogen-bond donors (Lipinski definition) is 3. The summed E-state index contributed by atoms with van der Waals surface area (Å²) < 4.78 is 74.3. The molecule has 0 spiro atoms. The number of aromatic amines is 1. The fourth-order valence-electron chi connectivity index (χ4n) is 3.68. The van der Waals surface area contributed by atoms with Gasteiger partial charge in [-0.25, -0.2) is 8.78 Å². The van der Waals surface area contributed by atoms with E-state index in [-0.39, 0.29) is 11.3 Å². The van der Waals surface area contributed by atoms with Crippen LogP contribution in [0.2, 0.25) is 0 Å². The van der Waals surface area contributed by atoms with E-state index in [1.54, 1.807) is 18.2 Å². The highest BCUT2D eigenvalue weighted by molar-refractivity contribution is 5.90. The molecule has 0 amide bonds. The number of anilines is 1. The number of hydrogen-bond acceptors (Lipinski definition) is 4. The zero-order valence-corrected chi connectivity index (χ0v) is 17.1. The molecular weight excluding hydrogens is 421 g/mol. The second kappa shape index (κ2) is 7.99. The molecule has 168 valence electrons. The largest absolute Gasteiger partial charge is 0.496 e. The first-order valence-electron chi connectivity index (χ1n) is 9.36. The third-order valence-corrected chi connectivity index (χ3v) is 5.29. The SMILES string of the molecule is COc1cc(F)c(F)cc1C(C)(C)CC(O)(CNc1cccc2[nH]ncc12)C(F)(F)F. The molecular formula is C21H22F5N3O2. The van der Waals surface area contributed by atoms with Gasteiger partial charge in [0.05, 0.1) is 25.4 Å². The number of nitrogens with zero attached hydrogens (tertiary/aromatic N) is 1. The minimum atomic E-state index is -5.01. The summed E-state index contributed by atoms with van der Waals surface area (Å²) in [5.41, 5.74) is -3.62. The summed E-state index contributed by atoms with van der Waals surface area (Å²) in [7, 11) is 1.20. The van der Waals surface area contributed by atoms with Crippen molar-refractivity contribution in [3.63, 3.8) is 0 Å². The van der Waals surface area contributed by atoms with Gasteiger partial charge >= 0.3 is 6.18 Å². The van der Waals surface area contributed by atoms with Crippen molar-refractivity contribution < 1.29 is 31.8 Å². The zero-order valence-electron chi connectivity index (χ0n) is 17.1.